The first-order valence-corrected chi connectivity index (χ1v) is 6.74. The summed E-state index contributed by atoms with van der Waals surface area (Å²) in [6.45, 7) is 2.88. The Balaban J connectivity index is 2.05. The molecule has 1 atom stereocenters. The van der Waals surface area contributed by atoms with E-state index in [2.05, 4.69) is 0 Å². The molecule has 20 heavy (non-hydrogen) atoms. The summed E-state index contributed by atoms with van der Waals surface area (Å²) >= 11 is 0. The fourth-order valence-electron chi connectivity index (χ4n) is 2.55. The lowest BCUT2D eigenvalue weighted by molar-refractivity contribution is -0.147. The highest BCUT2D eigenvalue weighted by Crippen LogP contribution is 2.30. The van der Waals surface area contributed by atoms with Crippen molar-refractivity contribution >= 4 is 11.9 Å². The average molecular weight is 276 g/mol. The molecule has 5 heteroatoms. The summed E-state index contributed by atoms with van der Waals surface area (Å²) in [4.78, 5) is 25.1. The number of rotatable bonds is 4. The van der Waals surface area contributed by atoms with Crippen molar-refractivity contribution in [3.8, 4) is 0 Å². The Bertz CT molecular complexity index is 530. The van der Waals surface area contributed by atoms with Crippen molar-refractivity contribution in [2.45, 2.75) is 26.3 Å². The molecule has 1 aromatic rings. The summed E-state index contributed by atoms with van der Waals surface area (Å²) in [5.41, 5.74) is 6.72. The smallest absolute Gasteiger partial charge is 0.311 e. The van der Waals surface area contributed by atoms with Gasteiger partial charge in [-0.2, -0.15) is 0 Å². The summed E-state index contributed by atoms with van der Waals surface area (Å²) in [6.07, 6.45) is 0.787. The summed E-state index contributed by atoms with van der Waals surface area (Å²) in [5, 5.41) is 9.19. The van der Waals surface area contributed by atoms with Crippen LogP contribution in [0.4, 0.5) is 0 Å². The fourth-order valence-corrected chi connectivity index (χ4v) is 2.55. The fraction of sp³-hybridized carbons (Fsp3) is 0.467. The van der Waals surface area contributed by atoms with E-state index >= 15 is 0 Å². The van der Waals surface area contributed by atoms with Crippen LogP contribution in [0.25, 0.3) is 0 Å². The van der Waals surface area contributed by atoms with Crippen LogP contribution in [0, 0.1) is 5.41 Å². The molecule has 1 unspecified atom stereocenters. The Morgan fingerprint density at radius 1 is 1.35 bits per heavy atom. The first kappa shape index (κ1) is 14.5. The van der Waals surface area contributed by atoms with E-state index in [-0.39, 0.29) is 18.9 Å². The minimum absolute atomic E-state index is 0.0316. The normalized spacial score (nSPS) is 22.0. The quantitative estimate of drug-likeness (QED) is 0.859. The van der Waals surface area contributed by atoms with Crippen molar-refractivity contribution in [2.75, 3.05) is 13.1 Å². The highest BCUT2D eigenvalue weighted by molar-refractivity contribution is 5.82. The van der Waals surface area contributed by atoms with Crippen LogP contribution < -0.4 is 5.73 Å². The summed E-state index contributed by atoms with van der Waals surface area (Å²) in [5.74, 6) is -0.869. The molecule has 0 spiro atoms. The number of likely N-dealkylation sites (tertiary alicyclic amines) is 1. The van der Waals surface area contributed by atoms with Crippen LogP contribution in [-0.4, -0.2) is 35.0 Å². The number of carboxylic acids is 1. The van der Waals surface area contributed by atoms with E-state index in [4.69, 9.17) is 5.73 Å². The molecule has 0 saturated carbocycles. The third kappa shape index (κ3) is 2.82. The maximum Gasteiger partial charge on any atom is 0.311 e. The molecule has 0 bridgehead atoms. The molecule has 0 radical (unpaired) electrons. The van der Waals surface area contributed by atoms with Gasteiger partial charge in [0.15, 0.2) is 0 Å². The van der Waals surface area contributed by atoms with Gasteiger partial charge < -0.3 is 15.7 Å². The standard InChI is InChI=1S/C15H20N2O3/c1-15(14(19)20)6-7-17(10-15)13(18)8-11-4-2-3-5-12(11)9-16/h2-5H,6-10,16H2,1H3,(H,19,20). The first-order chi connectivity index (χ1) is 9.46. The van der Waals surface area contributed by atoms with Gasteiger partial charge in [0.25, 0.3) is 0 Å². The summed E-state index contributed by atoms with van der Waals surface area (Å²) in [6, 6.07) is 7.58. The number of carbonyl (C=O) groups is 2. The molecule has 2 rings (SSSR count). The molecule has 5 nitrogen and oxygen atoms in total. The third-order valence-corrected chi connectivity index (χ3v) is 4.02. The van der Waals surface area contributed by atoms with Gasteiger partial charge in [-0.25, -0.2) is 0 Å². The molecule has 1 amide bonds. The predicted molar refractivity (Wildman–Crippen MR) is 75.0 cm³/mol. The van der Waals surface area contributed by atoms with E-state index in [1.165, 1.54) is 0 Å². The minimum Gasteiger partial charge on any atom is -0.481 e. The van der Waals surface area contributed by atoms with E-state index in [1.54, 1.807) is 11.8 Å². The van der Waals surface area contributed by atoms with Crippen molar-refractivity contribution in [3.63, 3.8) is 0 Å². The minimum atomic E-state index is -0.838. The van der Waals surface area contributed by atoms with Crippen molar-refractivity contribution in [1.82, 2.24) is 4.90 Å². The second kappa shape index (κ2) is 5.63. The van der Waals surface area contributed by atoms with Crippen LogP contribution in [-0.2, 0) is 22.6 Å². The highest BCUT2D eigenvalue weighted by atomic mass is 16.4. The Hall–Kier alpha value is -1.88. The zero-order valence-electron chi connectivity index (χ0n) is 11.6. The molecule has 0 aliphatic carbocycles. The number of aliphatic carboxylic acids is 1. The van der Waals surface area contributed by atoms with Gasteiger partial charge in [-0.15, -0.1) is 0 Å². The lowest BCUT2D eigenvalue weighted by atomic mass is 9.90. The van der Waals surface area contributed by atoms with Crippen molar-refractivity contribution in [3.05, 3.63) is 35.4 Å². The van der Waals surface area contributed by atoms with E-state index in [1.807, 2.05) is 24.3 Å². The van der Waals surface area contributed by atoms with E-state index in [0.29, 0.717) is 19.5 Å². The Kier molecular flexibility index (Phi) is 4.09. The number of carboxylic acid groups (broad SMARTS) is 1. The highest BCUT2D eigenvalue weighted by Gasteiger charge is 2.41. The zero-order chi connectivity index (χ0) is 14.8. The maximum atomic E-state index is 12.3. The topological polar surface area (TPSA) is 83.6 Å². The number of hydrogen-bond donors (Lipinski definition) is 2. The van der Waals surface area contributed by atoms with Gasteiger partial charge in [0.1, 0.15) is 0 Å². The van der Waals surface area contributed by atoms with E-state index in [0.717, 1.165) is 11.1 Å². The van der Waals surface area contributed by atoms with Crippen LogP contribution in [0.3, 0.4) is 0 Å². The molecule has 0 aromatic heterocycles. The second-order valence-corrected chi connectivity index (χ2v) is 5.58. The molecule has 1 aliphatic heterocycles. The molecule has 1 fully saturated rings. The number of carbonyl (C=O) groups excluding carboxylic acids is 1. The third-order valence-electron chi connectivity index (χ3n) is 4.02. The van der Waals surface area contributed by atoms with Gasteiger partial charge in [-0.3, -0.25) is 9.59 Å². The Labute approximate surface area is 118 Å². The average Bonchev–Trinajstić information content (AvgIpc) is 2.83. The van der Waals surface area contributed by atoms with Gasteiger partial charge in [0, 0.05) is 19.6 Å². The Morgan fingerprint density at radius 3 is 2.55 bits per heavy atom. The van der Waals surface area contributed by atoms with Gasteiger partial charge in [-0.1, -0.05) is 24.3 Å². The van der Waals surface area contributed by atoms with Crippen LogP contribution in [0.2, 0.25) is 0 Å². The molecular formula is C15H20N2O3. The van der Waals surface area contributed by atoms with Crippen molar-refractivity contribution in [1.29, 1.82) is 0 Å². The van der Waals surface area contributed by atoms with Crippen LogP contribution in [0.1, 0.15) is 24.5 Å². The number of amides is 1. The number of benzene rings is 1. The van der Waals surface area contributed by atoms with Crippen molar-refractivity contribution in [2.24, 2.45) is 11.1 Å². The summed E-state index contributed by atoms with van der Waals surface area (Å²) < 4.78 is 0. The first-order valence-electron chi connectivity index (χ1n) is 6.74. The molecule has 3 N–H and O–H groups in total. The van der Waals surface area contributed by atoms with Crippen LogP contribution in [0.5, 0.6) is 0 Å². The lowest BCUT2D eigenvalue weighted by Gasteiger charge is -2.20. The van der Waals surface area contributed by atoms with Crippen LogP contribution in [0.15, 0.2) is 24.3 Å². The second-order valence-electron chi connectivity index (χ2n) is 5.58. The SMILES string of the molecule is CC1(C(=O)O)CCN(C(=O)Cc2ccccc2CN)C1. The van der Waals surface area contributed by atoms with Gasteiger partial charge in [0.2, 0.25) is 5.91 Å². The molecule has 1 aromatic carbocycles. The number of nitrogens with two attached hydrogens (primary N) is 1. The van der Waals surface area contributed by atoms with Crippen LogP contribution >= 0.6 is 0 Å². The molecule has 1 heterocycles. The number of hydrogen-bond acceptors (Lipinski definition) is 3. The lowest BCUT2D eigenvalue weighted by Crippen LogP contribution is -2.35. The van der Waals surface area contributed by atoms with Crippen molar-refractivity contribution < 1.29 is 14.7 Å². The van der Waals surface area contributed by atoms with Gasteiger partial charge in [-0.05, 0) is 24.5 Å². The molecule has 1 aliphatic rings. The number of nitrogens with zero attached hydrogens (tertiary/aromatic N) is 1. The monoisotopic (exact) mass is 276 g/mol. The van der Waals surface area contributed by atoms with E-state index in [9.17, 15) is 14.7 Å². The molecular weight excluding hydrogens is 256 g/mol. The van der Waals surface area contributed by atoms with Gasteiger partial charge >= 0.3 is 5.97 Å². The van der Waals surface area contributed by atoms with E-state index < -0.39 is 11.4 Å². The Morgan fingerprint density at radius 2 is 2.00 bits per heavy atom. The largest absolute Gasteiger partial charge is 0.481 e. The molecule has 1 saturated heterocycles. The maximum absolute atomic E-state index is 12.3. The predicted octanol–water partition coefficient (Wildman–Crippen LogP) is 1.01. The summed E-state index contributed by atoms with van der Waals surface area (Å²) in [7, 11) is 0. The molecule has 108 valence electrons. The van der Waals surface area contributed by atoms with Gasteiger partial charge in [0.05, 0.1) is 11.8 Å². The zero-order valence-corrected chi connectivity index (χ0v) is 11.6.